The number of methoxy groups -OCH3 is 1. The Bertz CT molecular complexity index is 528. The van der Waals surface area contributed by atoms with Crippen molar-refractivity contribution in [3.05, 3.63) is 59.9 Å². The van der Waals surface area contributed by atoms with Crippen molar-refractivity contribution in [3.63, 3.8) is 0 Å². The zero-order valence-electron chi connectivity index (χ0n) is 12.6. The lowest BCUT2D eigenvalue weighted by Crippen LogP contribution is -2.28. The van der Waals surface area contributed by atoms with Crippen LogP contribution in [-0.4, -0.2) is 35.2 Å². The van der Waals surface area contributed by atoms with Crippen LogP contribution in [0.1, 0.15) is 24.3 Å². The third-order valence-corrected chi connectivity index (χ3v) is 3.49. The van der Waals surface area contributed by atoms with E-state index in [2.05, 4.69) is 16.8 Å². The molecule has 0 saturated heterocycles. The second-order valence-electron chi connectivity index (χ2n) is 4.94. The predicted octanol–water partition coefficient (Wildman–Crippen LogP) is 2.65. The van der Waals surface area contributed by atoms with E-state index in [4.69, 9.17) is 4.74 Å². The zero-order chi connectivity index (χ0) is 15.1. The molecule has 112 valence electrons. The first-order chi connectivity index (χ1) is 10.2. The van der Waals surface area contributed by atoms with Crippen LogP contribution in [0.15, 0.2) is 48.7 Å². The number of ether oxygens (including phenoxy) is 1. The highest BCUT2D eigenvalue weighted by Gasteiger charge is 2.13. The summed E-state index contributed by atoms with van der Waals surface area (Å²) in [5.74, 6) is 0.798. The normalized spacial score (nSPS) is 12.4. The topological polar surface area (TPSA) is 45.6 Å². The van der Waals surface area contributed by atoms with Gasteiger partial charge in [-0.3, -0.25) is 9.88 Å². The van der Waals surface area contributed by atoms with Gasteiger partial charge in [0.15, 0.2) is 0 Å². The summed E-state index contributed by atoms with van der Waals surface area (Å²) in [7, 11) is 1.64. The van der Waals surface area contributed by atoms with Crippen LogP contribution in [-0.2, 0) is 6.54 Å². The van der Waals surface area contributed by atoms with Gasteiger partial charge in [-0.05, 0) is 36.4 Å². The average Bonchev–Trinajstić information content (AvgIpc) is 2.55. The minimum Gasteiger partial charge on any atom is -0.497 e. The highest BCUT2D eigenvalue weighted by atomic mass is 16.5. The third-order valence-electron chi connectivity index (χ3n) is 3.49. The molecule has 1 aromatic heterocycles. The predicted molar refractivity (Wildman–Crippen MR) is 83.1 cm³/mol. The molecule has 0 saturated carbocycles. The number of hydrogen-bond donors (Lipinski definition) is 1. The number of likely N-dealkylation sites (N-methyl/N-ethyl adjacent to an activating group) is 1. The second kappa shape index (κ2) is 7.76. The fraction of sp³-hybridized carbons (Fsp3) is 0.353. The minimum absolute atomic E-state index is 0.514. The van der Waals surface area contributed by atoms with Gasteiger partial charge in [-0.1, -0.05) is 25.1 Å². The van der Waals surface area contributed by atoms with E-state index >= 15 is 0 Å². The molecule has 1 unspecified atom stereocenters. The van der Waals surface area contributed by atoms with Crippen molar-refractivity contribution in [2.24, 2.45) is 0 Å². The Morgan fingerprint density at radius 3 is 2.52 bits per heavy atom. The van der Waals surface area contributed by atoms with Gasteiger partial charge in [0.25, 0.3) is 0 Å². The molecular weight excluding hydrogens is 264 g/mol. The summed E-state index contributed by atoms with van der Waals surface area (Å²) >= 11 is 0. The number of nitrogens with zero attached hydrogens (tertiary/aromatic N) is 2. The van der Waals surface area contributed by atoms with Gasteiger partial charge >= 0.3 is 0 Å². The molecule has 21 heavy (non-hydrogen) atoms. The third kappa shape index (κ3) is 4.55. The molecule has 1 heterocycles. The van der Waals surface area contributed by atoms with Crippen molar-refractivity contribution in [2.45, 2.75) is 19.6 Å². The molecule has 0 aliphatic carbocycles. The lowest BCUT2D eigenvalue weighted by Gasteiger charge is -2.23. The molecule has 0 bridgehead atoms. The summed E-state index contributed by atoms with van der Waals surface area (Å²) in [6.07, 6.45) is 1.28. The smallest absolute Gasteiger partial charge is 0.118 e. The number of hydrogen-bond acceptors (Lipinski definition) is 4. The lowest BCUT2D eigenvalue weighted by atomic mass is 10.1. The van der Waals surface area contributed by atoms with Gasteiger partial charge in [0, 0.05) is 19.3 Å². The van der Waals surface area contributed by atoms with E-state index in [0.717, 1.165) is 30.1 Å². The Kier molecular flexibility index (Phi) is 5.72. The van der Waals surface area contributed by atoms with E-state index in [-0.39, 0.29) is 0 Å². The van der Waals surface area contributed by atoms with E-state index in [9.17, 15) is 5.11 Å². The van der Waals surface area contributed by atoms with Crippen LogP contribution in [0.3, 0.4) is 0 Å². The molecular formula is C17H22N2O2. The molecule has 2 aromatic rings. The molecule has 1 aromatic carbocycles. The maximum Gasteiger partial charge on any atom is 0.118 e. The van der Waals surface area contributed by atoms with Gasteiger partial charge in [-0.2, -0.15) is 0 Å². The van der Waals surface area contributed by atoms with Gasteiger partial charge in [-0.25, -0.2) is 0 Å². The fourth-order valence-corrected chi connectivity index (χ4v) is 2.20. The quantitative estimate of drug-likeness (QED) is 0.850. The highest BCUT2D eigenvalue weighted by Crippen LogP contribution is 2.19. The maximum absolute atomic E-state index is 10.4. The molecule has 0 aliphatic heterocycles. The van der Waals surface area contributed by atoms with Crippen molar-refractivity contribution in [1.29, 1.82) is 0 Å². The van der Waals surface area contributed by atoms with Gasteiger partial charge in [0.1, 0.15) is 5.75 Å². The molecule has 4 heteroatoms. The number of rotatable bonds is 7. The summed E-state index contributed by atoms with van der Waals surface area (Å²) in [6.45, 7) is 4.28. The number of benzene rings is 1. The van der Waals surface area contributed by atoms with Crippen LogP contribution in [0.4, 0.5) is 0 Å². The number of pyridine rings is 1. The molecule has 0 amide bonds. The van der Waals surface area contributed by atoms with Gasteiger partial charge in [0.05, 0.1) is 18.9 Å². The van der Waals surface area contributed by atoms with Crippen molar-refractivity contribution >= 4 is 0 Å². The van der Waals surface area contributed by atoms with E-state index < -0.39 is 6.10 Å². The Hall–Kier alpha value is -1.91. The lowest BCUT2D eigenvalue weighted by molar-refractivity contribution is 0.111. The minimum atomic E-state index is -0.514. The molecule has 1 N–H and O–H groups in total. The van der Waals surface area contributed by atoms with Gasteiger partial charge in [0.2, 0.25) is 0 Å². The Morgan fingerprint density at radius 1 is 1.19 bits per heavy atom. The second-order valence-corrected chi connectivity index (χ2v) is 4.94. The van der Waals surface area contributed by atoms with Crippen LogP contribution < -0.4 is 4.74 Å². The van der Waals surface area contributed by atoms with Crippen molar-refractivity contribution in [3.8, 4) is 5.75 Å². The maximum atomic E-state index is 10.4. The van der Waals surface area contributed by atoms with Crippen molar-refractivity contribution < 1.29 is 9.84 Å². The monoisotopic (exact) mass is 286 g/mol. The summed E-state index contributed by atoms with van der Waals surface area (Å²) in [5.41, 5.74) is 1.91. The first-order valence-corrected chi connectivity index (χ1v) is 7.17. The van der Waals surface area contributed by atoms with Gasteiger partial charge < -0.3 is 9.84 Å². The summed E-state index contributed by atoms with van der Waals surface area (Å²) in [5, 5.41) is 10.4. The molecule has 0 aliphatic rings. The number of aromatic nitrogens is 1. The molecule has 4 nitrogen and oxygen atoms in total. The van der Waals surface area contributed by atoms with Crippen molar-refractivity contribution in [2.75, 3.05) is 20.2 Å². The van der Waals surface area contributed by atoms with Crippen molar-refractivity contribution in [1.82, 2.24) is 9.88 Å². The Morgan fingerprint density at radius 2 is 1.95 bits per heavy atom. The van der Waals surface area contributed by atoms with Crippen LogP contribution in [0.2, 0.25) is 0 Å². The molecule has 0 spiro atoms. The van der Waals surface area contributed by atoms with Crippen LogP contribution in [0.25, 0.3) is 0 Å². The standard InChI is InChI=1S/C17H22N2O2/c1-3-19(12-15-6-4-5-11-18-15)13-17(20)14-7-9-16(21-2)10-8-14/h4-11,17,20H,3,12-13H2,1-2H3. The van der Waals surface area contributed by atoms with Crippen LogP contribution in [0.5, 0.6) is 5.75 Å². The van der Waals surface area contributed by atoms with Gasteiger partial charge in [-0.15, -0.1) is 0 Å². The summed E-state index contributed by atoms with van der Waals surface area (Å²) in [4.78, 5) is 6.51. The largest absolute Gasteiger partial charge is 0.497 e. The molecule has 1 atom stereocenters. The molecule has 0 radical (unpaired) electrons. The highest BCUT2D eigenvalue weighted by molar-refractivity contribution is 5.28. The first kappa shape index (κ1) is 15.5. The fourth-order valence-electron chi connectivity index (χ4n) is 2.20. The summed E-state index contributed by atoms with van der Waals surface area (Å²) < 4.78 is 5.13. The molecule has 0 fully saturated rings. The average molecular weight is 286 g/mol. The SMILES string of the molecule is CCN(Cc1ccccn1)CC(O)c1ccc(OC)cc1. The van der Waals surface area contributed by atoms with E-state index in [1.165, 1.54) is 0 Å². The zero-order valence-corrected chi connectivity index (χ0v) is 12.6. The molecule has 2 rings (SSSR count). The Labute approximate surface area is 126 Å². The summed E-state index contributed by atoms with van der Waals surface area (Å²) in [6, 6.07) is 13.4. The Balaban J connectivity index is 1.96. The van der Waals surface area contributed by atoms with Crippen LogP contribution >= 0.6 is 0 Å². The first-order valence-electron chi connectivity index (χ1n) is 7.17. The van der Waals surface area contributed by atoms with E-state index in [0.29, 0.717) is 6.54 Å². The number of aliphatic hydroxyl groups excluding tert-OH is 1. The number of aliphatic hydroxyl groups is 1. The van der Waals surface area contributed by atoms with E-state index in [1.807, 2.05) is 42.5 Å². The van der Waals surface area contributed by atoms with E-state index in [1.54, 1.807) is 13.3 Å². The van der Waals surface area contributed by atoms with Crippen LogP contribution in [0, 0.1) is 0 Å².